The third kappa shape index (κ3) is 2.21. The number of benzene rings is 1. The topological polar surface area (TPSA) is 86.5 Å². The molecule has 19 heavy (non-hydrogen) atoms. The minimum absolute atomic E-state index is 0.332. The summed E-state index contributed by atoms with van der Waals surface area (Å²) in [4.78, 5) is 26.0. The number of hydrogen-bond acceptors (Lipinski definition) is 3. The van der Waals surface area contributed by atoms with Gasteiger partial charge in [-0.2, -0.15) is 0 Å². The number of rotatable bonds is 1. The Labute approximate surface area is 108 Å². The number of aromatic nitrogens is 1. The number of amides is 1. The lowest BCUT2D eigenvalue weighted by Crippen LogP contribution is -2.36. The van der Waals surface area contributed by atoms with Crippen LogP contribution in [0.25, 0.3) is 11.1 Å². The van der Waals surface area contributed by atoms with E-state index in [1.165, 1.54) is 4.90 Å². The average Bonchev–Trinajstić information content (AvgIpc) is 2.77. The molecule has 0 bridgehead atoms. The number of fused-ring (bicyclic) bond motifs is 1. The largest absolute Gasteiger partial charge is 0.465 e. The Hall–Kier alpha value is -2.24. The Morgan fingerprint density at radius 1 is 1.37 bits per heavy atom. The fourth-order valence-corrected chi connectivity index (χ4v) is 2.63. The molecule has 2 N–H and O–H groups in total. The zero-order valence-corrected chi connectivity index (χ0v) is 10.3. The fourth-order valence-electron chi connectivity index (χ4n) is 2.63. The minimum Gasteiger partial charge on any atom is -0.465 e. The summed E-state index contributed by atoms with van der Waals surface area (Å²) in [6.07, 6.45) is 0.757. The van der Waals surface area contributed by atoms with Gasteiger partial charge in [0.15, 0.2) is 5.58 Å². The number of carboxylic acid groups (broad SMARTS) is 1. The predicted molar refractivity (Wildman–Crippen MR) is 68.4 cm³/mol. The Balaban J connectivity index is 1.81. The standard InChI is InChI=1S/C13H14N2O4/c16-12-14-10-7-9(1-2-11(10)19-12)8-3-5-15(6-4-8)13(17)18/h1-2,7-8H,3-6H2,(H,14,16)(H,17,18). The summed E-state index contributed by atoms with van der Waals surface area (Å²) in [6.45, 7) is 1.11. The maximum absolute atomic E-state index is 11.1. The van der Waals surface area contributed by atoms with Crippen LogP contribution in [0.3, 0.4) is 0 Å². The average molecular weight is 262 g/mol. The Morgan fingerprint density at radius 2 is 2.11 bits per heavy atom. The molecule has 0 atom stereocenters. The summed E-state index contributed by atoms with van der Waals surface area (Å²) >= 11 is 0. The van der Waals surface area contributed by atoms with Crippen molar-refractivity contribution in [3.05, 3.63) is 34.3 Å². The lowest BCUT2D eigenvalue weighted by molar-refractivity contribution is 0.132. The van der Waals surface area contributed by atoms with E-state index >= 15 is 0 Å². The maximum atomic E-state index is 11.1. The molecule has 1 aromatic carbocycles. The van der Waals surface area contributed by atoms with Gasteiger partial charge in [-0.15, -0.1) is 0 Å². The van der Waals surface area contributed by atoms with Gasteiger partial charge in [-0.3, -0.25) is 4.98 Å². The molecule has 0 radical (unpaired) electrons. The lowest BCUT2D eigenvalue weighted by atomic mass is 9.89. The molecule has 1 aromatic heterocycles. The summed E-state index contributed by atoms with van der Waals surface area (Å²) in [6, 6.07) is 5.65. The van der Waals surface area contributed by atoms with Crippen molar-refractivity contribution >= 4 is 17.2 Å². The fraction of sp³-hybridized carbons (Fsp3) is 0.385. The number of carbonyl (C=O) groups is 1. The lowest BCUT2D eigenvalue weighted by Gasteiger charge is -2.30. The molecule has 6 nitrogen and oxygen atoms in total. The van der Waals surface area contributed by atoms with Gasteiger partial charge in [-0.25, -0.2) is 9.59 Å². The van der Waals surface area contributed by atoms with Gasteiger partial charge in [0, 0.05) is 13.1 Å². The van der Waals surface area contributed by atoms with Gasteiger partial charge < -0.3 is 14.4 Å². The summed E-state index contributed by atoms with van der Waals surface area (Å²) in [5.41, 5.74) is 2.37. The molecule has 2 heterocycles. The van der Waals surface area contributed by atoms with Crippen molar-refractivity contribution in [2.45, 2.75) is 18.8 Å². The van der Waals surface area contributed by atoms with Gasteiger partial charge in [-0.1, -0.05) is 6.07 Å². The first-order valence-electron chi connectivity index (χ1n) is 6.24. The first-order valence-corrected chi connectivity index (χ1v) is 6.24. The zero-order chi connectivity index (χ0) is 13.4. The van der Waals surface area contributed by atoms with E-state index in [9.17, 15) is 9.59 Å². The number of H-pyrrole nitrogens is 1. The van der Waals surface area contributed by atoms with Gasteiger partial charge in [0.1, 0.15) is 0 Å². The summed E-state index contributed by atoms with van der Waals surface area (Å²) < 4.78 is 4.96. The molecule has 3 rings (SSSR count). The molecule has 1 aliphatic rings. The van der Waals surface area contributed by atoms with E-state index in [-0.39, 0.29) is 0 Å². The SMILES string of the molecule is O=C(O)N1CCC(c2ccc3oc(=O)[nH]c3c2)CC1. The second-order valence-corrected chi connectivity index (χ2v) is 4.81. The third-order valence-electron chi connectivity index (χ3n) is 3.68. The van der Waals surface area contributed by atoms with Crippen molar-refractivity contribution in [1.29, 1.82) is 0 Å². The summed E-state index contributed by atoms with van der Waals surface area (Å²) in [5.74, 6) is -0.119. The molecule has 1 amide bonds. The van der Waals surface area contributed by atoms with Crippen molar-refractivity contribution in [3.63, 3.8) is 0 Å². The number of nitrogens with one attached hydrogen (secondary N) is 1. The summed E-state index contributed by atoms with van der Waals surface area (Å²) in [5, 5.41) is 8.91. The van der Waals surface area contributed by atoms with Crippen LogP contribution in [-0.4, -0.2) is 34.2 Å². The molecule has 6 heteroatoms. The van der Waals surface area contributed by atoms with Crippen LogP contribution in [0.5, 0.6) is 0 Å². The molecule has 2 aromatic rings. The molecule has 0 spiro atoms. The third-order valence-corrected chi connectivity index (χ3v) is 3.68. The monoisotopic (exact) mass is 262 g/mol. The first-order chi connectivity index (χ1) is 9.13. The Bertz CT molecular complexity index is 665. The van der Waals surface area contributed by atoms with Gasteiger partial charge in [0.25, 0.3) is 0 Å². The molecular weight excluding hydrogens is 248 g/mol. The highest BCUT2D eigenvalue weighted by atomic mass is 16.4. The molecular formula is C13H14N2O4. The van der Waals surface area contributed by atoms with Crippen LogP contribution in [0.15, 0.2) is 27.4 Å². The highest BCUT2D eigenvalue weighted by molar-refractivity contribution is 5.73. The van der Waals surface area contributed by atoms with E-state index < -0.39 is 11.8 Å². The number of likely N-dealkylation sites (tertiary alicyclic amines) is 1. The van der Waals surface area contributed by atoms with Crippen LogP contribution in [0, 0.1) is 0 Å². The zero-order valence-electron chi connectivity index (χ0n) is 10.3. The van der Waals surface area contributed by atoms with E-state index in [1.807, 2.05) is 12.1 Å². The second-order valence-electron chi connectivity index (χ2n) is 4.81. The normalized spacial score (nSPS) is 16.9. The van der Waals surface area contributed by atoms with Crippen LogP contribution in [0.1, 0.15) is 24.3 Å². The van der Waals surface area contributed by atoms with E-state index in [0.29, 0.717) is 30.1 Å². The van der Waals surface area contributed by atoms with E-state index in [1.54, 1.807) is 6.07 Å². The van der Waals surface area contributed by atoms with Crippen LogP contribution >= 0.6 is 0 Å². The van der Waals surface area contributed by atoms with Gasteiger partial charge in [-0.05, 0) is 36.5 Å². The van der Waals surface area contributed by atoms with Crippen molar-refractivity contribution in [3.8, 4) is 0 Å². The number of oxazole rings is 1. The van der Waals surface area contributed by atoms with Crippen molar-refractivity contribution < 1.29 is 14.3 Å². The minimum atomic E-state index is -0.854. The van der Waals surface area contributed by atoms with Crippen LogP contribution < -0.4 is 5.76 Å². The molecule has 0 saturated carbocycles. The van der Waals surface area contributed by atoms with Crippen molar-refractivity contribution in [1.82, 2.24) is 9.88 Å². The second kappa shape index (κ2) is 4.46. The molecule has 1 aliphatic heterocycles. The molecule has 1 saturated heterocycles. The molecule has 100 valence electrons. The Kier molecular flexibility index (Phi) is 2.77. The maximum Gasteiger partial charge on any atom is 0.417 e. The van der Waals surface area contributed by atoms with Crippen LogP contribution in [-0.2, 0) is 0 Å². The van der Waals surface area contributed by atoms with Crippen LogP contribution in [0.4, 0.5) is 4.79 Å². The van der Waals surface area contributed by atoms with E-state index in [2.05, 4.69) is 4.98 Å². The van der Waals surface area contributed by atoms with Gasteiger partial charge in [0.05, 0.1) is 5.52 Å². The highest BCUT2D eigenvalue weighted by Gasteiger charge is 2.23. The quantitative estimate of drug-likeness (QED) is 0.822. The van der Waals surface area contributed by atoms with Gasteiger partial charge >= 0.3 is 11.8 Å². The molecule has 1 fully saturated rings. The van der Waals surface area contributed by atoms with Crippen molar-refractivity contribution in [2.24, 2.45) is 0 Å². The number of hydrogen-bond donors (Lipinski definition) is 2. The molecule has 0 aliphatic carbocycles. The smallest absolute Gasteiger partial charge is 0.417 e. The number of piperidine rings is 1. The van der Waals surface area contributed by atoms with E-state index in [4.69, 9.17) is 9.52 Å². The number of nitrogens with zero attached hydrogens (tertiary/aromatic N) is 1. The van der Waals surface area contributed by atoms with Gasteiger partial charge in [0.2, 0.25) is 0 Å². The first kappa shape index (κ1) is 11.8. The van der Waals surface area contributed by atoms with E-state index in [0.717, 1.165) is 18.4 Å². The number of aromatic amines is 1. The molecule has 0 unspecified atom stereocenters. The highest BCUT2D eigenvalue weighted by Crippen LogP contribution is 2.29. The summed E-state index contributed by atoms with van der Waals surface area (Å²) in [7, 11) is 0. The Morgan fingerprint density at radius 3 is 2.79 bits per heavy atom. The predicted octanol–water partition coefficient (Wildman–Crippen LogP) is 1.98. The van der Waals surface area contributed by atoms with Crippen LogP contribution in [0.2, 0.25) is 0 Å². The van der Waals surface area contributed by atoms with Crippen molar-refractivity contribution in [2.75, 3.05) is 13.1 Å².